The number of rotatable bonds is 3. The minimum Gasteiger partial charge on any atom is -0.351 e. The summed E-state index contributed by atoms with van der Waals surface area (Å²) in [6, 6.07) is 23.0. The highest BCUT2D eigenvalue weighted by Crippen LogP contribution is 2.31. The molecule has 5 aromatic rings. The summed E-state index contributed by atoms with van der Waals surface area (Å²) in [5.41, 5.74) is 7.98. The summed E-state index contributed by atoms with van der Waals surface area (Å²) in [4.78, 5) is 4.64. The molecule has 5 rings (SSSR count). The Morgan fingerprint density at radius 3 is 2.41 bits per heavy atom. The Hall–Kier alpha value is -3.66. The topological polar surface area (TPSA) is 43.9 Å². The van der Waals surface area contributed by atoms with Gasteiger partial charge >= 0.3 is 0 Å². The molecule has 0 saturated heterocycles. The van der Waals surface area contributed by atoms with Gasteiger partial charge in [0.2, 0.25) is 5.82 Å². The van der Waals surface area contributed by atoms with E-state index < -0.39 is 0 Å². The summed E-state index contributed by atoms with van der Waals surface area (Å²) in [5, 5.41) is 5.37. The lowest BCUT2D eigenvalue weighted by molar-refractivity contribution is 0.432. The number of hydrogen-bond donors (Lipinski definition) is 0. The smallest absolute Gasteiger partial charge is 0.258 e. The van der Waals surface area contributed by atoms with Crippen molar-refractivity contribution in [3.63, 3.8) is 0 Å². The fourth-order valence-corrected chi connectivity index (χ4v) is 3.85. The summed E-state index contributed by atoms with van der Waals surface area (Å²) in [5.74, 6) is 1.14. The fraction of sp³-hybridized carbons (Fsp3) is 0.120. The second-order valence-electron chi connectivity index (χ2n) is 7.47. The predicted molar refractivity (Wildman–Crippen MR) is 117 cm³/mol. The Balaban J connectivity index is 1.50. The van der Waals surface area contributed by atoms with E-state index in [4.69, 9.17) is 4.52 Å². The third-order valence-electron chi connectivity index (χ3n) is 5.48. The Bertz CT molecular complexity index is 1340. The van der Waals surface area contributed by atoms with Gasteiger partial charge in [-0.25, -0.2) is 0 Å². The van der Waals surface area contributed by atoms with Crippen LogP contribution in [0.15, 0.2) is 77.4 Å². The molecule has 3 aromatic carbocycles. The molecule has 0 aliphatic rings. The van der Waals surface area contributed by atoms with Crippen molar-refractivity contribution < 1.29 is 4.52 Å². The Morgan fingerprint density at radius 2 is 1.59 bits per heavy atom. The molecular formula is C25H21N3O. The highest BCUT2D eigenvalue weighted by atomic mass is 16.5. The molecule has 29 heavy (non-hydrogen) atoms. The van der Waals surface area contributed by atoms with E-state index in [-0.39, 0.29) is 0 Å². The average molecular weight is 379 g/mol. The van der Waals surface area contributed by atoms with Gasteiger partial charge in [0.1, 0.15) is 0 Å². The van der Waals surface area contributed by atoms with Gasteiger partial charge in [0.05, 0.1) is 0 Å². The molecule has 0 fully saturated rings. The molecule has 4 heteroatoms. The van der Waals surface area contributed by atoms with Gasteiger partial charge in [-0.05, 0) is 72.5 Å². The molecule has 0 bridgehead atoms. The molecule has 0 N–H and O–H groups in total. The van der Waals surface area contributed by atoms with E-state index in [1.54, 1.807) is 0 Å². The van der Waals surface area contributed by atoms with Gasteiger partial charge in [-0.2, -0.15) is 4.98 Å². The monoisotopic (exact) mass is 379 g/mol. The molecule has 0 aliphatic heterocycles. The Morgan fingerprint density at radius 1 is 0.793 bits per heavy atom. The van der Waals surface area contributed by atoms with Crippen LogP contribution in [0.4, 0.5) is 0 Å². The van der Waals surface area contributed by atoms with Gasteiger partial charge in [-0.1, -0.05) is 35.5 Å². The van der Waals surface area contributed by atoms with Crippen molar-refractivity contribution in [2.24, 2.45) is 7.05 Å². The van der Waals surface area contributed by atoms with Crippen LogP contribution >= 0.6 is 0 Å². The van der Waals surface area contributed by atoms with Crippen molar-refractivity contribution in [3.05, 3.63) is 84.1 Å². The summed E-state index contributed by atoms with van der Waals surface area (Å²) >= 11 is 0. The number of aromatic nitrogens is 3. The third-order valence-corrected chi connectivity index (χ3v) is 5.48. The van der Waals surface area contributed by atoms with Crippen LogP contribution in [-0.2, 0) is 7.05 Å². The van der Waals surface area contributed by atoms with E-state index in [9.17, 15) is 0 Å². The lowest BCUT2D eigenvalue weighted by Crippen LogP contribution is -1.88. The van der Waals surface area contributed by atoms with Gasteiger partial charge in [0.25, 0.3) is 5.89 Å². The van der Waals surface area contributed by atoms with Gasteiger partial charge in [-0.15, -0.1) is 0 Å². The second-order valence-corrected chi connectivity index (χ2v) is 7.47. The van der Waals surface area contributed by atoms with Gasteiger partial charge in [-0.3, -0.25) is 0 Å². The van der Waals surface area contributed by atoms with Gasteiger partial charge in [0, 0.05) is 35.3 Å². The molecule has 2 aromatic heterocycles. The molecule has 0 amide bonds. The maximum Gasteiger partial charge on any atom is 0.258 e. The van der Waals surface area contributed by atoms with Crippen molar-refractivity contribution in [1.29, 1.82) is 0 Å². The molecule has 0 unspecified atom stereocenters. The Labute approximate surface area is 169 Å². The molecule has 142 valence electrons. The van der Waals surface area contributed by atoms with E-state index in [1.807, 2.05) is 19.2 Å². The van der Waals surface area contributed by atoms with E-state index in [0.717, 1.165) is 16.5 Å². The minimum atomic E-state index is 0.535. The van der Waals surface area contributed by atoms with E-state index in [0.29, 0.717) is 11.7 Å². The first-order chi connectivity index (χ1) is 14.1. The van der Waals surface area contributed by atoms with Gasteiger partial charge in [0.15, 0.2) is 0 Å². The lowest BCUT2D eigenvalue weighted by Gasteiger charge is -2.10. The molecule has 0 aliphatic carbocycles. The lowest BCUT2D eigenvalue weighted by atomic mass is 9.95. The molecule has 0 saturated carbocycles. The molecule has 0 radical (unpaired) electrons. The SMILES string of the molecule is Cc1ccccc1-c1ccc(-c2nc(-c3ccc4c(ccn4C)c3)no2)cc1C. The third kappa shape index (κ3) is 3.03. The highest BCUT2D eigenvalue weighted by Gasteiger charge is 2.13. The maximum atomic E-state index is 5.58. The second kappa shape index (κ2) is 6.74. The maximum absolute atomic E-state index is 5.58. The van der Waals surface area contributed by atoms with Crippen LogP contribution in [0.25, 0.3) is 44.9 Å². The van der Waals surface area contributed by atoms with Gasteiger partial charge < -0.3 is 9.09 Å². The first kappa shape index (κ1) is 17.4. The van der Waals surface area contributed by atoms with E-state index in [1.165, 1.54) is 27.8 Å². The molecular weight excluding hydrogens is 358 g/mol. The molecule has 0 spiro atoms. The predicted octanol–water partition coefficient (Wildman–Crippen LogP) is 6.18. The zero-order chi connectivity index (χ0) is 20.0. The van der Waals surface area contributed by atoms with Crippen LogP contribution in [-0.4, -0.2) is 14.7 Å². The number of aryl methyl sites for hydroxylation is 3. The number of nitrogens with zero attached hydrogens (tertiary/aromatic N) is 3. The van der Waals surface area contributed by atoms with E-state index >= 15 is 0 Å². The van der Waals surface area contributed by atoms with Crippen molar-refractivity contribution >= 4 is 10.9 Å². The largest absolute Gasteiger partial charge is 0.351 e. The van der Waals surface area contributed by atoms with Crippen LogP contribution in [0.3, 0.4) is 0 Å². The van der Waals surface area contributed by atoms with Crippen LogP contribution < -0.4 is 0 Å². The average Bonchev–Trinajstić information content (AvgIpc) is 3.36. The summed E-state index contributed by atoms with van der Waals surface area (Å²) in [7, 11) is 2.04. The zero-order valence-corrected chi connectivity index (χ0v) is 16.7. The highest BCUT2D eigenvalue weighted by molar-refractivity contribution is 5.84. The van der Waals surface area contributed by atoms with Crippen LogP contribution in [0.1, 0.15) is 11.1 Å². The summed E-state index contributed by atoms with van der Waals surface area (Å²) in [6.07, 6.45) is 2.05. The van der Waals surface area contributed by atoms with Crippen LogP contribution in [0.2, 0.25) is 0 Å². The van der Waals surface area contributed by atoms with Crippen molar-refractivity contribution in [1.82, 2.24) is 14.7 Å². The summed E-state index contributed by atoms with van der Waals surface area (Å²) < 4.78 is 7.68. The van der Waals surface area contributed by atoms with Crippen LogP contribution in [0.5, 0.6) is 0 Å². The quantitative estimate of drug-likeness (QED) is 0.376. The normalized spacial score (nSPS) is 11.3. The molecule has 4 nitrogen and oxygen atoms in total. The number of benzene rings is 3. The van der Waals surface area contributed by atoms with Crippen molar-refractivity contribution in [3.8, 4) is 34.0 Å². The fourth-order valence-electron chi connectivity index (χ4n) is 3.85. The first-order valence-electron chi connectivity index (χ1n) is 9.66. The van der Waals surface area contributed by atoms with Crippen molar-refractivity contribution in [2.75, 3.05) is 0 Å². The number of hydrogen-bond acceptors (Lipinski definition) is 3. The standard InChI is InChI=1S/C25H21N3O/c1-16-6-4-5-7-21(16)22-10-8-20(14-17(22)2)25-26-24(27-29-25)19-9-11-23-18(15-19)12-13-28(23)3/h4-15H,1-3H3. The molecule has 0 atom stereocenters. The van der Waals surface area contributed by atoms with Crippen molar-refractivity contribution in [2.45, 2.75) is 13.8 Å². The zero-order valence-electron chi connectivity index (χ0n) is 16.7. The summed E-state index contributed by atoms with van der Waals surface area (Å²) in [6.45, 7) is 4.25. The molecule has 2 heterocycles. The minimum absolute atomic E-state index is 0.535. The first-order valence-corrected chi connectivity index (χ1v) is 9.66. The van der Waals surface area contributed by atoms with Crippen LogP contribution in [0, 0.1) is 13.8 Å². The van der Waals surface area contributed by atoms with E-state index in [2.05, 4.69) is 89.3 Å². The Kier molecular flexibility index (Phi) is 4.06. The number of fused-ring (bicyclic) bond motifs is 1.